The van der Waals surface area contributed by atoms with Crippen molar-refractivity contribution in [3.05, 3.63) is 34.3 Å². The van der Waals surface area contributed by atoms with E-state index in [1.54, 1.807) is 19.2 Å². The summed E-state index contributed by atoms with van der Waals surface area (Å²) in [6.07, 6.45) is -1.94. The maximum atomic E-state index is 12.6. The molecule has 0 saturated carbocycles. The molecule has 1 aromatic rings. The van der Waals surface area contributed by atoms with Gasteiger partial charge in [-0.15, -0.1) is 0 Å². The quantitative estimate of drug-likeness (QED) is 0.821. The minimum Gasteiger partial charge on any atom is -0.319 e. The molecule has 0 bridgehead atoms. The molecule has 0 aliphatic carbocycles. The molecule has 0 amide bonds. The van der Waals surface area contributed by atoms with Gasteiger partial charge in [0.15, 0.2) is 0 Å². The molecular weight excluding hydrogens is 208 g/mol. The molecule has 0 aromatic heterocycles. The summed E-state index contributed by atoms with van der Waals surface area (Å²) in [7, 11) is 1.78. The number of nitrogens with one attached hydrogen (secondary N) is 1. The fraction of sp³-hybridized carbons (Fsp3) is 0.400. The van der Waals surface area contributed by atoms with E-state index >= 15 is 0 Å². The first-order chi connectivity index (χ1) is 6.66. The average Bonchev–Trinajstić information content (AvgIpc) is 2.14. The van der Waals surface area contributed by atoms with Crippen LogP contribution in [0.3, 0.4) is 0 Å². The van der Waals surface area contributed by atoms with Crippen molar-refractivity contribution in [2.45, 2.75) is 12.8 Å². The Kier molecular flexibility index (Phi) is 4.29. The molecule has 0 unspecified atom stereocenters. The molecule has 0 saturated heterocycles. The first kappa shape index (κ1) is 11.4. The first-order valence-corrected chi connectivity index (χ1v) is 4.74. The van der Waals surface area contributed by atoms with Gasteiger partial charge in [0.1, 0.15) is 0 Å². The summed E-state index contributed by atoms with van der Waals surface area (Å²) in [5, 5.41) is 3.06. The molecule has 1 N–H and O–H groups in total. The zero-order chi connectivity index (χ0) is 10.6. The number of benzene rings is 1. The third kappa shape index (κ3) is 2.66. The Bertz CT molecular complexity index is 302. The van der Waals surface area contributed by atoms with Crippen molar-refractivity contribution in [2.24, 2.45) is 0 Å². The fourth-order valence-electron chi connectivity index (χ4n) is 1.30. The number of hydrogen-bond donors (Lipinski definition) is 1. The van der Waals surface area contributed by atoms with E-state index in [4.69, 9.17) is 11.6 Å². The molecule has 1 aromatic carbocycles. The molecule has 1 nitrogen and oxygen atoms in total. The third-order valence-electron chi connectivity index (χ3n) is 2.01. The van der Waals surface area contributed by atoms with Gasteiger partial charge in [0, 0.05) is 10.6 Å². The van der Waals surface area contributed by atoms with Crippen molar-refractivity contribution < 1.29 is 8.78 Å². The molecule has 14 heavy (non-hydrogen) atoms. The van der Waals surface area contributed by atoms with Gasteiger partial charge in [-0.3, -0.25) is 0 Å². The van der Waals surface area contributed by atoms with Crippen LogP contribution in [0.15, 0.2) is 18.2 Å². The van der Waals surface area contributed by atoms with E-state index in [1.165, 1.54) is 6.07 Å². The summed E-state index contributed by atoms with van der Waals surface area (Å²) in [5.74, 6) is 0. The largest absolute Gasteiger partial charge is 0.319 e. The highest BCUT2D eigenvalue weighted by atomic mass is 35.5. The number of alkyl halides is 2. The lowest BCUT2D eigenvalue weighted by Gasteiger charge is -2.10. The molecule has 0 spiro atoms. The first-order valence-electron chi connectivity index (χ1n) is 4.37. The van der Waals surface area contributed by atoms with Crippen LogP contribution in [0.1, 0.15) is 17.6 Å². The molecule has 0 aliphatic rings. The average molecular weight is 220 g/mol. The van der Waals surface area contributed by atoms with E-state index in [2.05, 4.69) is 5.32 Å². The van der Waals surface area contributed by atoms with Gasteiger partial charge in [0.25, 0.3) is 6.43 Å². The molecule has 0 aliphatic heterocycles. The van der Waals surface area contributed by atoms with E-state index < -0.39 is 6.43 Å². The van der Waals surface area contributed by atoms with Crippen LogP contribution in [-0.4, -0.2) is 13.6 Å². The van der Waals surface area contributed by atoms with Gasteiger partial charge >= 0.3 is 0 Å². The molecular formula is C10H12ClF2N. The third-order valence-corrected chi connectivity index (χ3v) is 2.34. The zero-order valence-electron chi connectivity index (χ0n) is 7.86. The molecule has 0 radical (unpaired) electrons. The number of hydrogen-bond acceptors (Lipinski definition) is 1. The van der Waals surface area contributed by atoms with Crippen LogP contribution in [0.4, 0.5) is 8.78 Å². The van der Waals surface area contributed by atoms with Gasteiger partial charge in [0.05, 0.1) is 0 Å². The van der Waals surface area contributed by atoms with Crippen LogP contribution in [0, 0.1) is 0 Å². The molecule has 0 heterocycles. The molecule has 78 valence electrons. The lowest BCUT2D eigenvalue weighted by molar-refractivity contribution is 0.150. The Balaban J connectivity index is 2.96. The zero-order valence-corrected chi connectivity index (χ0v) is 8.61. The highest BCUT2D eigenvalue weighted by Gasteiger charge is 2.15. The van der Waals surface area contributed by atoms with Crippen LogP contribution >= 0.6 is 11.6 Å². The Labute approximate surface area is 87.1 Å². The fourth-order valence-corrected chi connectivity index (χ4v) is 1.58. The van der Waals surface area contributed by atoms with E-state index in [1.807, 2.05) is 0 Å². The van der Waals surface area contributed by atoms with Crippen LogP contribution in [-0.2, 0) is 6.42 Å². The summed E-state index contributed by atoms with van der Waals surface area (Å²) < 4.78 is 25.2. The maximum absolute atomic E-state index is 12.6. The second-order valence-corrected chi connectivity index (χ2v) is 3.37. The second-order valence-electron chi connectivity index (χ2n) is 2.97. The van der Waals surface area contributed by atoms with E-state index in [9.17, 15) is 8.78 Å². The second kappa shape index (κ2) is 5.27. The molecule has 0 atom stereocenters. The topological polar surface area (TPSA) is 12.0 Å². The minimum atomic E-state index is -2.50. The van der Waals surface area contributed by atoms with Crippen LogP contribution in [0.5, 0.6) is 0 Å². The molecule has 0 fully saturated rings. The van der Waals surface area contributed by atoms with Crippen LogP contribution < -0.4 is 5.32 Å². The Morgan fingerprint density at radius 2 is 2.14 bits per heavy atom. The molecule has 1 rings (SSSR count). The van der Waals surface area contributed by atoms with Crippen molar-refractivity contribution in [2.75, 3.05) is 13.6 Å². The normalized spacial score (nSPS) is 10.9. The van der Waals surface area contributed by atoms with Crippen molar-refractivity contribution in [3.63, 3.8) is 0 Å². The molecule has 4 heteroatoms. The van der Waals surface area contributed by atoms with Gasteiger partial charge < -0.3 is 5.32 Å². The van der Waals surface area contributed by atoms with Crippen molar-refractivity contribution in [1.29, 1.82) is 0 Å². The van der Waals surface area contributed by atoms with Gasteiger partial charge in [0.2, 0.25) is 0 Å². The van der Waals surface area contributed by atoms with Crippen molar-refractivity contribution in [3.8, 4) is 0 Å². The monoisotopic (exact) mass is 219 g/mol. The van der Waals surface area contributed by atoms with Gasteiger partial charge in [-0.1, -0.05) is 23.7 Å². The summed E-state index contributed by atoms with van der Waals surface area (Å²) in [5.41, 5.74) is 0.575. The van der Waals surface area contributed by atoms with Crippen LogP contribution in [0.2, 0.25) is 5.02 Å². The predicted octanol–water partition coefficient (Wildman–Crippen LogP) is 3.04. The maximum Gasteiger partial charge on any atom is 0.265 e. The number of rotatable bonds is 4. The van der Waals surface area contributed by atoms with Crippen molar-refractivity contribution >= 4 is 11.6 Å². The lowest BCUT2D eigenvalue weighted by Crippen LogP contribution is -2.11. The lowest BCUT2D eigenvalue weighted by atomic mass is 10.0. The highest BCUT2D eigenvalue weighted by molar-refractivity contribution is 6.31. The summed E-state index contributed by atoms with van der Waals surface area (Å²) in [4.78, 5) is 0. The Morgan fingerprint density at radius 3 is 2.71 bits per heavy atom. The van der Waals surface area contributed by atoms with Crippen molar-refractivity contribution in [1.82, 2.24) is 5.32 Å². The standard InChI is InChI=1S/C10H12ClF2N/c1-14-6-5-7-3-2-4-8(11)9(7)10(12)13/h2-4,10,14H,5-6H2,1H3. The Hall–Kier alpha value is -0.670. The van der Waals surface area contributed by atoms with Crippen LogP contribution in [0.25, 0.3) is 0 Å². The van der Waals surface area contributed by atoms with E-state index in [0.717, 1.165) is 0 Å². The number of likely N-dealkylation sites (N-methyl/N-ethyl adjacent to an activating group) is 1. The minimum absolute atomic E-state index is 0.0376. The van der Waals surface area contributed by atoms with Gasteiger partial charge in [-0.2, -0.15) is 0 Å². The highest BCUT2D eigenvalue weighted by Crippen LogP contribution is 2.30. The smallest absolute Gasteiger partial charge is 0.265 e. The van der Waals surface area contributed by atoms with E-state index in [0.29, 0.717) is 18.5 Å². The summed E-state index contributed by atoms with van der Waals surface area (Å²) in [6, 6.07) is 4.87. The van der Waals surface area contributed by atoms with Gasteiger partial charge in [-0.25, -0.2) is 8.78 Å². The summed E-state index contributed by atoms with van der Waals surface area (Å²) >= 11 is 5.70. The SMILES string of the molecule is CNCCc1cccc(Cl)c1C(F)F. The number of halogens is 3. The summed E-state index contributed by atoms with van der Waals surface area (Å²) in [6.45, 7) is 0.667. The van der Waals surface area contributed by atoms with E-state index in [-0.39, 0.29) is 10.6 Å². The Morgan fingerprint density at radius 1 is 1.43 bits per heavy atom. The van der Waals surface area contributed by atoms with Gasteiger partial charge in [-0.05, 0) is 31.6 Å². The predicted molar refractivity (Wildman–Crippen MR) is 54.0 cm³/mol.